The molecule has 28 heavy (non-hydrogen) atoms. The van der Waals surface area contributed by atoms with E-state index in [2.05, 4.69) is 20.5 Å². The van der Waals surface area contributed by atoms with Gasteiger partial charge in [-0.25, -0.2) is 4.98 Å². The summed E-state index contributed by atoms with van der Waals surface area (Å²) < 4.78 is 0. The number of amides is 2. The van der Waals surface area contributed by atoms with Crippen LogP contribution in [0.4, 0.5) is 5.82 Å². The summed E-state index contributed by atoms with van der Waals surface area (Å²) in [4.78, 5) is 31.3. The third-order valence-electron chi connectivity index (χ3n) is 4.64. The van der Waals surface area contributed by atoms with Crippen molar-refractivity contribution < 1.29 is 9.59 Å². The number of benzene rings is 1. The Balaban J connectivity index is 1.51. The average molecular weight is 421 g/mol. The molecule has 1 aliphatic heterocycles. The van der Waals surface area contributed by atoms with Crippen LogP contribution < -0.4 is 15.5 Å². The lowest BCUT2D eigenvalue weighted by molar-refractivity contribution is -0.122. The van der Waals surface area contributed by atoms with Crippen LogP contribution >= 0.6 is 23.2 Å². The number of pyridine rings is 1. The topological polar surface area (TPSA) is 74.3 Å². The van der Waals surface area contributed by atoms with Gasteiger partial charge in [-0.3, -0.25) is 9.59 Å². The molecule has 148 valence electrons. The predicted molar refractivity (Wildman–Crippen MR) is 111 cm³/mol. The number of hydrogen-bond donors (Lipinski definition) is 2. The Morgan fingerprint density at radius 1 is 1.18 bits per heavy atom. The van der Waals surface area contributed by atoms with Crippen molar-refractivity contribution >= 4 is 40.8 Å². The summed E-state index contributed by atoms with van der Waals surface area (Å²) in [6.45, 7) is 4.03. The third kappa shape index (κ3) is 4.94. The fourth-order valence-corrected chi connectivity index (χ4v) is 3.40. The van der Waals surface area contributed by atoms with Gasteiger partial charge < -0.3 is 15.5 Å². The highest BCUT2D eigenvalue weighted by atomic mass is 35.5. The Labute approximate surface area is 174 Å². The van der Waals surface area contributed by atoms with Crippen LogP contribution in [0, 0.1) is 0 Å². The van der Waals surface area contributed by atoms with Crippen molar-refractivity contribution in [3.8, 4) is 0 Å². The predicted octanol–water partition coefficient (Wildman–Crippen LogP) is 3.42. The van der Waals surface area contributed by atoms with E-state index in [4.69, 9.17) is 23.2 Å². The van der Waals surface area contributed by atoms with E-state index in [1.54, 1.807) is 31.3 Å². The molecule has 1 aromatic heterocycles. The maximum atomic E-state index is 12.3. The van der Waals surface area contributed by atoms with E-state index < -0.39 is 11.9 Å². The van der Waals surface area contributed by atoms with Crippen LogP contribution in [0.25, 0.3) is 0 Å². The largest absolute Gasteiger partial charge is 0.357 e. The number of anilines is 1. The number of nitrogens with one attached hydrogen (secondary N) is 2. The van der Waals surface area contributed by atoms with Crippen LogP contribution in [-0.2, 0) is 11.3 Å². The van der Waals surface area contributed by atoms with Crippen LogP contribution in [0.5, 0.6) is 0 Å². The molecule has 1 atom stereocenters. The summed E-state index contributed by atoms with van der Waals surface area (Å²) in [6.07, 6.45) is 4.16. The monoisotopic (exact) mass is 420 g/mol. The van der Waals surface area contributed by atoms with Gasteiger partial charge in [-0.1, -0.05) is 35.3 Å². The summed E-state index contributed by atoms with van der Waals surface area (Å²) in [5.74, 6) is 0.216. The lowest BCUT2D eigenvalue weighted by Gasteiger charge is -2.17. The van der Waals surface area contributed by atoms with Gasteiger partial charge >= 0.3 is 0 Å². The van der Waals surface area contributed by atoms with Gasteiger partial charge in [0.2, 0.25) is 5.91 Å². The number of rotatable bonds is 6. The summed E-state index contributed by atoms with van der Waals surface area (Å²) in [7, 11) is 0. The minimum Gasteiger partial charge on any atom is -0.357 e. The zero-order valence-electron chi connectivity index (χ0n) is 15.5. The van der Waals surface area contributed by atoms with Gasteiger partial charge in [0.15, 0.2) is 0 Å². The molecule has 0 aliphatic carbocycles. The van der Waals surface area contributed by atoms with Crippen LogP contribution in [0.2, 0.25) is 10.0 Å². The van der Waals surface area contributed by atoms with Crippen molar-refractivity contribution in [1.82, 2.24) is 15.6 Å². The van der Waals surface area contributed by atoms with Crippen LogP contribution in [0.1, 0.15) is 35.7 Å². The zero-order chi connectivity index (χ0) is 20.1. The maximum Gasteiger partial charge on any atom is 0.253 e. The molecule has 2 aromatic rings. The van der Waals surface area contributed by atoms with Gasteiger partial charge in [0, 0.05) is 25.8 Å². The highest BCUT2D eigenvalue weighted by molar-refractivity contribution is 6.43. The Morgan fingerprint density at radius 2 is 1.93 bits per heavy atom. The summed E-state index contributed by atoms with van der Waals surface area (Å²) in [6, 6.07) is 7.99. The normalized spacial score (nSPS) is 14.6. The quantitative estimate of drug-likeness (QED) is 0.750. The number of halogens is 2. The smallest absolute Gasteiger partial charge is 0.253 e. The first kappa shape index (κ1) is 20.4. The highest BCUT2D eigenvalue weighted by Gasteiger charge is 2.19. The van der Waals surface area contributed by atoms with E-state index >= 15 is 0 Å². The van der Waals surface area contributed by atoms with Crippen molar-refractivity contribution in [2.45, 2.75) is 32.4 Å². The van der Waals surface area contributed by atoms with Crippen LogP contribution in [-0.4, -0.2) is 35.9 Å². The Bertz CT molecular complexity index is 852. The summed E-state index contributed by atoms with van der Waals surface area (Å²) >= 11 is 12.0. The molecule has 1 unspecified atom stereocenters. The molecular formula is C20H22Cl2N4O2. The van der Waals surface area contributed by atoms with Gasteiger partial charge in [-0.15, -0.1) is 0 Å². The standard InChI is InChI=1S/C20H22Cl2N4O2/c1-13(25-20(28)15-5-4-6-16(21)18(15)22)19(27)24-12-14-7-8-17(23-11-14)26-9-2-3-10-26/h4-8,11,13H,2-3,9-10,12H2,1H3,(H,24,27)(H,25,28). The highest BCUT2D eigenvalue weighted by Crippen LogP contribution is 2.25. The molecule has 0 spiro atoms. The van der Waals surface area contributed by atoms with Gasteiger partial charge in [-0.05, 0) is 43.5 Å². The third-order valence-corrected chi connectivity index (χ3v) is 5.46. The SMILES string of the molecule is CC(NC(=O)c1cccc(Cl)c1Cl)C(=O)NCc1ccc(N2CCCC2)nc1. The second-order valence-electron chi connectivity index (χ2n) is 6.73. The Kier molecular flexibility index (Phi) is 6.75. The van der Waals surface area contributed by atoms with Crippen LogP contribution in [0.15, 0.2) is 36.5 Å². The van der Waals surface area contributed by atoms with Crippen molar-refractivity contribution in [3.63, 3.8) is 0 Å². The number of nitrogens with zero attached hydrogens (tertiary/aromatic N) is 2. The molecule has 6 nitrogen and oxygen atoms in total. The van der Waals surface area contributed by atoms with Crippen molar-refractivity contribution in [2.24, 2.45) is 0 Å². The fourth-order valence-electron chi connectivity index (χ4n) is 3.02. The number of carbonyl (C=O) groups is 2. The van der Waals surface area contributed by atoms with Crippen LogP contribution in [0.3, 0.4) is 0 Å². The molecule has 3 rings (SSSR count). The van der Waals surface area contributed by atoms with Gasteiger partial charge in [0.1, 0.15) is 11.9 Å². The summed E-state index contributed by atoms with van der Waals surface area (Å²) in [5.41, 5.74) is 1.13. The fraction of sp³-hybridized carbons (Fsp3) is 0.350. The van der Waals surface area contributed by atoms with E-state index in [0.29, 0.717) is 6.54 Å². The first-order valence-electron chi connectivity index (χ1n) is 9.18. The van der Waals surface area contributed by atoms with E-state index in [1.807, 2.05) is 12.1 Å². The summed E-state index contributed by atoms with van der Waals surface area (Å²) in [5, 5.41) is 5.89. The minimum absolute atomic E-state index is 0.165. The first-order valence-corrected chi connectivity index (χ1v) is 9.94. The molecule has 2 heterocycles. The molecule has 8 heteroatoms. The van der Waals surface area contributed by atoms with E-state index in [0.717, 1.165) is 24.5 Å². The average Bonchev–Trinajstić information content (AvgIpc) is 3.23. The minimum atomic E-state index is -0.723. The van der Waals surface area contributed by atoms with Gasteiger partial charge in [-0.2, -0.15) is 0 Å². The molecular weight excluding hydrogens is 399 g/mol. The molecule has 1 aromatic carbocycles. The number of aromatic nitrogens is 1. The second-order valence-corrected chi connectivity index (χ2v) is 7.52. The molecule has 0 saturated carbocycles. The van der Waals surface area contributed by atoms with E-state index in [-0.39, 0.29) is 21.5 Å². The van der Waals surface area contributed by atoms with E-state index in [9.17, 15) is 9.59 Å². The van der Waals surface area contributed by atoms with Crippen molar-refractivity contribution in [3.05, 3.63) is 57.7 Å². The molecule has 2 amide bonds. The Morgan fingerprint density at radius 3 is 2.61 bits per heavy atom. The second kappa shape index (κ2) is 9.26. The molecule has 0 bridgehead atoms. The number of hydrogen-bond acceptors (Lipinski definition) is 4. The zero-order valence-corrected chi connectivity index (χ0v) is 17.1. The first-order chi connectivity index (χ1) is 13.5. The maximum absolute atomic E-state index is 12.3. The Hall–Kier alpha value is -2.31. The van der Waals surface area contributed by atoms with Gasteiger partial charge in [0.05, 0.1) is 15.6 Å². The lowest BCUT2D eigenvalue weighted by Crippen LogP contribution is -2.44. The molecule has 2 N–H and O–H groups in total. The number of carbonyl (C=O) groups excluding carboxylic acids is 2. The lowest BCUT2D eigenvalue weighted by atomic mass is 10.2. The van der Waals surface area contributed by atoms with Crippen molar-refractivity contribution in [1.29, 1.82) is 0 Å². The van der Waals surface area contributed by atoms with E-state index in [1.165, 1.54) is 12.8 Å². The molecule has 1 saturated heterocycles. The molecule has 0 radical (unpaired) electrons. The van der Waals surface area contributed by atoms with Gasteiger partial charge in [0.25, 0.3) is 5.91 Å². The van der Waals surface area contributed by atoms with Crippen molar-refractivity contribution in [2.75, 3.05) is 18.0 Å². The molecule has 1 aliphatic rings. The molecule has 1 fully saturated rings.